The van der Waals surface area contributed by atoms with Crippen molar-refractivity contribution in [2.45, 2.75) is 20.0 Å². The molecule has 0 atom stereocenters. The molecule has 2 aromatic rings. The van der Waals surface area contributed by atoms with Crippen LogP contribution in [-0.2, 0) is 14.3 Å². The molecule has 154 valence electrons. The molecule has 0 heterocycles. The summed E-state index contributed by atoms with van der Waals surface area (Å²) in [5, 5.41) is 2.63. The molecule has 2 aromatic carbocycles. The summed E-state index contributed by atoms with van der Waals surface area (Å²) in [6, 6.07) is 12.1. The Bertz CT molecular complexity index is 858. The highest BCUT2D eigenvalue weighted by molar-refractivity contribution is 5.94. The van der Waals surface area contributed by atoms with Crippen molar-refractivity contribution in [3.63, 3.8) is 0 Å². The number of anilines is 1. The van der Waals surface area contributed by atoms with E-state index in [2.05, 4.69) is 5.32 Å². The predicted molar refractivity (Wildman–Crippen MR) is 110 cm³/mol. The first kappa shape index (κ1) is 21.8. The lowest BCUT2D eigenvalue weighted by Gasteiger charge is -2.13. The molecule has 0 spiro atoms. The van der Waals surface area contributed by atoms with E-state index in [4.69, 9.17) is 18.9 Å². The largest absolute Gasteiger partial charge is 0.497 e. The molecule has 0 aromatic heterocycles. The van der Waals surface area contributed by atoms with Crippen LogP contribution < -0.4 is 19.5 Å². The van der Waals surface area contributed by atoms with Crippen LogP contribution in [0.5, 0.6) is 17.2 Å². The van der Waals surface area contributed by atoms with Crippen LogP contribution in [0.1, 0.15) is 19.4 Å². The molecule has 29 heavy (non-hydrogen) atoms. The molecule has 0 aliphatic carbocycles. The van der Waals surface area contributed by atoms with Gasteiger partial charge in [-0.3, -0.25) is 4.79 Å². The molecular weight excluding hydrogens is 374 g/mol. The molecule has 0 fully saturated rings. The molecule has 1 amide bonds. The van der Waals surface area contributed by atoms with Crippen molar-refractivity contribution in [1.82, 2.24) is 0 Å². The Morgan fingerprint density at radius 1 is 1.00 bits per heavy atom. The van der Waals surface area contributed by atoms with Gasteiger partial charge in [0.25, 0.3) is 5.91 Å². The number of amides is 1. The summed E-state index contributed by atoms with van der Waals surface area (Å²) >= 11 is 0. The van der Waals surface area contributed by atoms with Crippen molar-refractivity contribution in [2.75, 3.05) is 26.1 Å². The van der Waals surface area contributed by atoms with E-state index < -0.39 is 11.9 Å². The van der Waals surface area contributed by atoms with Gasteiger partial charge in [0.2, 0.25) is 0 Å². The minimum Gasteiger partial charge on any atom is -0.497 e. The van der Waals surface area contributed by atoms with Gasteiger partial charge in [-0.15, -0.1) is 0 Å². The van der Waals surface area contributed by atoms with Crippen LogP contribution in [0.3, 0.4) is 0 Å². The maximum absolute atomic E-state index is 11.9. The summed E-state index contributed by atoms with van der Waals surface area (Å²) in [6.07, 6.45) is 2.84. The molecule has 0 saturated carbocycles. The molecule has 0 bridgehead atoms. The van der Waals surface area contributed by atoms with Crippen LogP contribution >= 0.6 is 0 Å². The fourth-order valence-electron chi connectivity index (χ4n) is 2.36. The molecule has 0 unspecified atom stereocenters. The fourth-order valence-corrected chi connectivity index (χ4v) is 2.36. The molecule has 0 saturated heterocycles. The van der Waals surface area contributed by atoms with Gasteiger partial charge in [0.05, 0.1) is 20.3 Å². The SMILES string of the molecule is COc1ccc(NC(=O)COC(=O)/C=C/c2ccc(OC(C)C)c(OC)c2)cc1. The van der Waals surface area contributed by atoms with Gasteiger partial charge in [0.15, 0.2) is 18.1 Å². The third-order valence-corrected chi connectivity index (χ3v) is 3.68. The number of carbonyl (C=O) groups excluding carboxylic acids is 2. The number of hydrogen-bond donors (Lipinski definition) is 1. The standard InChI is InChI=1S/C22H25NO6/c1-15(2)29-19-11-5-16(13-20(19)27-4)6-12-22(25)28-14-21(24)23-17-7-9-18(26-3)10-8-17/h5-13,15H,14H2,1-4H3,(H,23,24)/b12-6+. The van der Waals surface area contributed by atoms with Gasteiger partial charge in [-0.1, -0.05) is 6.07 Å². The second-order valence-corrected chi connectivity index (χ2v) is 6.29. The van der Waals surface area contributed by atoms with Crippen LogP contribution in [-0.4, -0.2) is 38.8 Å². The number of esters is 1. The quantitative estimate of drug-likeness (QED) is 0.512. The van der Waals surface area contributed by atoms with E-state index in [1.165, 1.54) is 6.08 Å². The Labute approximate surface area is 170 Å². The minimum absolute atomic E-state index is 0.0179. The van der Waals surface area contributed by atoms with Crippen LogP contribution in [0.15, 0.2) is 48.5 Å². The lowest BCUT2D eigenvalue weighted by molar-refractivity contribution is -0.142. The van der Waals surface area contributed by atoms with Crippen molar-refractivity contribution in [1.29, 1.82) is 0 Å². The summed E-state index contributed by atoms with van der Waals surface area (Å²) < 4.78 is 21.0. The van der Waals surface area contributed by atoms with Gasteiger partial charge in [-0.25, -0.2) is 4.79 Å². The Hall–Kier alpha value is -3.48. The number of hydrogen-bond acceptors (Lipinski definition) is 6. The number of ether oxygens (including phenoxy) is 4. The summed E-state index contributed by atoms with van der Waals surface area (Å²) in [7, 11) is 3.11. The van der Waals surface area contributed by atoms with Crippen LogP contribution in [0, 0.1) is 0 Å². The molecule has 7 nitrogen and oxygen atoms in total. The number of carbonyl (C=O) groups is 2. The number of nitrogens with one attached hydrogen (secondary N) is 1. The predicted octanol–water partition coefficient (Wildman–Crippen LogP) is 3.69. The molecule has 7 heteroatoms. The van der Waals surface area contributed by atoms with E-state index in [9.17, 15) is 9.59 Å². The zero-order valence-corrected chi connectivity index (χ0v) is 16.9. The maximum Gasteiger partial charge on any atom is 0.331 e. The molecule has 1 N–H and O–H groups in total. The number of methoxy groups -OCH3 is 2. The van der Waals surface area contributed by atoms with Crippen molar-refractivity contribution >= 4 is 23.6 Å². The Morgan fingerprint density at radius 2 is 1.72 bits per heavy atom. The maximum atomic E-state index is 11.9. The average molecular weight is 399 g/mol. The summed E-state index contributed by atoms with van der Waals surface area (Å²) in [5.74, 6) is 0.802. The van der Waals surface area contributed by atoms with Crippen molar-refractivity contribution in [2.24, 2.45) is 0 Å². The Morgan fingerprint density at radius 3 is 2.34 bits per heavy atom. The highest BCUT2D eigenvalue weighted by Crippen LogP contribution is 2.29. The summed E-state index contributed by atoms with van der Waals surface area (Å²) in [5.41, 5.74) is 1.32. The molecule has 2 rings (SSSR count). The van der Waals surface area contributed by atoms with Crippen molar-refractivity contribution in [3.8, 4) is 17.2 Å². The third-order valence-electron chi connectivity index (χ3n) is 3.68. The van der Waals surface area contributed by atoms with Gasteiger partial charge in [-0.2, -0.15) is 0 Å². The van der Waals surface area contributed by atoms with E-state index in [-0.39, 0.29) is 12.7 Å². The lowest BCUT2D eigenvalue weighted by Crippen LogP contribution is -2.20. The van der Waals surface area contributed by atoms with Gasteiger partial charge in [0, 0.05) is 11.8 Å². The van der Waals surface area contributed by atoms with E-state index in [1.54, 1.807) is 62.8 Å². The molecule has 0 aliphatic heterocycles. The van der Waals surface area contributed by atoms with Crippen LogP contribution in [0.4, 0.5) is 5.69 Å². The Kier molecular flexibility index (Phi) is 8.09. The van der Waals surface area contributed by atoms with Crippen LogP contribution in [0.2, 0.25) is 0 Å². The van der Waals surface area contributed by atoms with Gasteiger partial charge in [-0.05, 0) is 61.9 Å². The first-order valence-electron chi connectivity index (χ1n) is 9.04. The van der Waals surface area contributed by atoms with E-state index in [1.807, 2.05) is 13.8 Å². The smallest absolute Gasteiger partial charge is 0.331 e. The fraction of sp³-hybridized carbons (Fsp3) is 0.273. The number of rotatable bonds is 9. The van der Waals surface area contributed by atoms with Crippen molar-refractivity contribution < 1.29 is 28.5 Å². The van der Waals surface area contributed by atoms with E-state index >= 15 is 0 Å². The van der Waals surface area contributed by atoms with Crippen molar-refractivity contribution in [3.05, 3.63) is 54.1 Å². The van der Waals surface area contributed by atoms with Gasteiger partial charge >= 0.3 is 5.97 Å². The van der Waals surface area contributed by atoms with E-state index in [0.29, 0.717) is 22.9 Å². The second-order valence-electron chi connectivity index (χ2n) is 6.29. The molecular formula is C22H25NO6. The zero-order valence-electron chi connectivity index (χ0n) is 16.9. The van der Waals surface area contributed by atoms with E-state index in [0.717, 1.165) is 5.56 Å². The van der Waals surface area contributed by atoms with Crippen LogP contribution in [0.25, 0.3) is 6.08 Å². The topological polar surface area (TPSA) is 83.1 Å². The van der Waals surface area contributed by atoms with Gasteiger partial charge < -0.3 is 24.3 Å². The minimum atomic E-state index is -0.628. The third kappa shape index (κ3) is 7.21. The molecule has 0 radical (unpaired) electrons. The lowest BCUT2D eigenvalue weighted by atomic mass is 10.2. The Balaban J connectivity index is 1.86. The summed E-state index contributed by atoms with van der Waals surface area (Å²) in [4.78, 5) is 23.7. The zero-order chi connectivity index (χ0) is 21.2. The van der Waals surface area contributed by atoms with Gasteiger partial charge in [0.1, 0.15) is 5.75 Å². The first-order chi connectivity index (χ1) is 13.9. The second kappa shape index (κ2) is 10.8. The highest BCUT2D eigenvalue weighted by Gasteiger charge is 2.08. The highest BCUT2D eigenvalue weighted by atomic mass is 16.5. The normalized spacial score (nSPS) is 10.7. The summed E-state index contributed by atoms with van der Waals surface area (Å²) in [6.45, 7) is 3.46. The number of benzene rings is 2. The first-order valence-corrected chi connectivity index (χ1v) is 9.04. The monoisotopic (exact) mass is 399 g/mol. The molecule has 0 aliphatic rings. The average Bonchev–Trinajstić information content (AvgIpc) is 2.71.